The Labute approximate surface area is 119 Å². The molecule has 0 radical (unpaired) electrons. The van der Waals surface area contributed by atoms with Crippen LogP contribution in [-0.2, 0) is 0 Å². The third-order valence-corrected chi connectivity index (χ3v) is 3.27. The summed E-state index contributed by atoms with van der Waals surface area (Å²) in [7, 11) is 0. The van der Waals surface area contributed by atoms with Crippen LogP contribution in [0.15, 0.2) is 28.7 Å². The maximum absolute atomic E-state index is 6.03. The number of hydrogen-bond acceptors (Lipinski definition) is 2. The molecular formula is C15H24BrNO. The van der Waals surface area contributed by atoms with Gasteiger partial charge in [0, 0.05) is 11.0 Å². The predicted molar refractivity (Wildman–Crippen MR) is 81.1 cm³/mol. The van der Waals surface area contributed by atoms with Gasteiger partial charge in [-0.1, -0.05) is 43.6 Å². The standard InChI is InChI=1S/C15H24BrNO/c1-11(2)9-17-10-15(12(3)4)18-14-7-5-13(16)6-8-14/h5-8,11-12,15,17H,9-10H2,1-4H3. The molecule has 1 aromatic carbocycles. The zero-order valence-corrected chi connectivity index (χ0v) is 13.3. The lowest BCUT2D eigenvalue weighted by Gasteiger charge is -2.23. The molecule has 0 spiro atoms. The molecule has 1 atom stereocenters. The van der Waals surface area contributed by atoms with Crippen molar-refractivity contribution in [1.82, 2.24) is 5.32 Å². The molecule has 0 aromatic heterocycles. The van der Waals surface area contributed by atoms with E-state index in [-0.39, 0.29) is 6.10 Å². The highest BCUT2D eigenvalue weighted by Crippen LogP contribution is 2.19. The highest BCUT2D eigenvalue weighted by molar-refractivity contribution is 9.10. The summed E-state index contributed by atoms with van der Waals surface area (Å²) in [6.45, 7) is 10.7. The second-order valence-electron chi connectivity index (χ2n) is 5.41. The van der Waals surface area contributed by atoms with Gasteiger partial charge in [-0.25, -0.2) is 0 Å². The highest BCUT2D eigenvalue weighted by Gasteiger charge is 2.15. The molecule has 18 heavy (non-hydrogen) atoms. The SMILES string of the molecule is CC(C)CNCC(Oc1ccc(Br)cc1)C(C)C. The van der Waals surface area contributed by atoms with Crippen molar-refractivity contribution >= 4 is 15.9 Å². The van der Waals surface area contributed by atoms with E-state index >= 15 is 0 Å². The van der Waals surface area contributed by atoms with Crippen LogP contribution in [0.1, 0.15) is 27.7 Å². The highest BCUT2D eigenvalue weighted by atomic mass is 79.9. The predicted octanol–water partition coefficient (Wildman–Crippen LogP) is 4.10. The lowest BCUT2D eigenvalue weighted by molar-refractivity contribution is 0.148. The van der Waals surface area contributed by atoms with Crippen molar-refractivity contribution in [3.63, 3.8) is 0 Å². The van der Waals surface area contributed by atoms with Gasteiger partial charge in [-0.15, -0.1) is 0 Å². The number of halogens is 1. The van der Waals surface area contributed by atoms with Gasteiger partial charge >= 0.3 is 0 Å². The Kier molecular flexibility index (Phi) is 6.72. The van der Waals surface area contributed by atoms with Crippen molar-refractivity contribution in [2.45, 2.75) is 33.8 Å². The molecule has 2 nitrogen and oxygen atoms in total. The van der Waals surface area contributed by atoms with Crippen LogP contribution in [0.4, 0.5) is 0 Å². The van der Waals surface area contributed by atoms with Crippen LogP contribution in [-0.4, -0.2) is 19.2 Å². The zero-order valence-electron chi connectivity index (χ0n) is 11.7. The minimum absolute atomic E-state index is 0.213. The van der Waals surface area contributed by atoms with Crippen LogP contribution >= 0.6 is 15.9 Å². The van der Waals surface area contributed by atoms with Gasteiger partial charge in [0.05, 0.1) is 0 Å². The molecule has 0 aliphatic rings. The van der Waals surface area contributed by atoms with Crippen molar-refractivity contribution in [3.05, 3.63) is 28.7 Å². The van der Waals surface area contributed by atoms with Crippen LogP contribution in [0.2, 0.25) is 0 Å². The summed E-state index contributed by atoms with van der Waals surface area (Å²) in [5, 5.41) is 3.46. The Morgan fingerprint density at radius 2 is 1.67 bits per heavy atom. The molecule has 0 amide bonds. The molecule has 102 valence electrons. The molecule has 1 unspecified atom stereocenters. The summed E-state index contributed by atoms with van der Waals surface area (Å²) < 4.78 is 7.11. The Morgan fingerprint density at radius 3 is 2.17 bits per heavy atom. The van der Waals surface area contributed by atoms with Crippen molar-refractivity contribution in [1.29, 1.82) is 0 Å². The normalized spacial score (nSPS) is 13.1. The van der Waals surface area contributed by atoms with Gasteiger partial charge in [-0.2, -0.15) is 0 Å². The quantitative estimate of drug-likeness (QED) is 0.818. The summed E-state index contributed by atoms with van der Waals surface area (Å²) in [5.74, 6) is 2.10. The van der Waals surface area contributed by atoms with Crippen LogP contribution in [0.5, 0.6) is 5.75 Å². The van der Waals surface area contributed by atoms with E-state index in [1.165, 1.54) is 0 Å². The molecular weight excluding hydrogens is 290 g/mol. The summed E-state index contributed by atoms with van der Waals surface area (Å²) in [4.78, 5) is 0. The largest absolute Gasteiger partial charge is 0.489 e. The molecule has 3 heteroatoms. The first-order chi connectivity index (χ1) is 8.49. The van der Waals surface area contributed by atoms with Gasteiger partial charge in [0.1, 0.15) is 11.9 Å². The van der Waals surface area contributed by atoms with E-state index in [2.05, 4.69) is 48.9 Å². The fraction of sp³-hybridized carbons (Fsp3) is 0.600. The summed E-state index contributed by atoms with van der Waals surface area (Å²) in [6, 6.07) is 8.02. The summed E-state index contributed by atoms with van der Waals surface area (Å²) in [6.07, 6.45) is 0.213. The van der Waals surface area contributed by atoms with E-state index in [0.717, 1.165) is 23.3 Å². The first-order valence-corrected chi connectivity index (χ1v) is 7.41. The van der Waals surface area contributed by atoms with Crippen molar-refractivity contribution in [2.75, 3.05) is 13.1 Å². The van der Waals surface area contributed by atoms with Gasteiger partial charge in [-0.3, -0.25) is 0 Å². The monoisotopic (exact) mass is 313 g/mol. The van der Waals surface area contributed by atoms with Crippen molar-refractivity contribution in [3.8, 4) is 5.75 Å². The molecule has 1 rings (SSSR count). The zero-order chi connectivity index (χ0) is 13.5. The Morgan fingerprint density at radius 1 is 1.06 bits per heavy atom. The fourth-order valence-electron chi connectivity index (χ4n) is 1.62. The fourth-order valence-corrected chi connectivity index (χ4v) is 1.88. The second-order valence-corrected chi connectivity index (χ2v) is 6.32. The topological polar surface area (TPSA) is 21.3 Å². The minimum atomic E-state index is 0.213. The lowest BCUT2D eigenvalue weighted by atomic mass is 10.1. The third-order valence-electron chi connectivity index (χ3n) is 2.74. The molecule has 0 aliphatic carbocycles. The Balaban J connectivity index is 2.49. The van der Waals surface area contributed by atoms with Gasteiger partial charge in [0.2, 0.25) is 0 Å². The first kappa shape index (κ1) is 15.5. The van der Waals surface area contributed by atoms with Crippen molar-refractivity contribution in [2.24, 2.45) is 11.8 Å². The number of benzene rings is 1. The first-order valence-electron chi connectivity index (χ1n) is 6.62. The Hall–Kier alpha value is -0.540. The molecule has 0 fully saturated rings. The van der Waals surface area contributed by atoms with E-state index in [1.807, 2.05) is 24.3 Å². The lowest BCUT2D eigenvalue weighted by Crippen LogP contribution is -2.36. The molecule has 1 N–H and O–H groups in total. The summed E-state index contributed by atoms with van der Waals surface area (Å²) in [5.41, 5.74) is 0. The molecule has 0 saturated heterocycles. The second kappa shape index (κ2) is 7.80. The number of ether oxygens (including phenoxy) is 1. The van der Waals surface area contributed by atoms with Gasteiger partial charge in [0.25, 0.3) is 0 Å². The van der Waals surface area contributed by atoms with Gasteiger partial charge in [0.15, 0.2) is 0 Å². The van der Waals surface area contributed by atoms with E-state index in [0.29, 0.717) is 11.8 Å². The van der Waals surface area contributed by atoms with E-state index in [1.54, 1.807) is 0 Å². The van der Waals surface area contributed by atoms with Gasteiger partial charge < -0.3 is 10.1 Å². The molecule has 1 aromatic rings. The summed E-state index contributed by atoms with van der Waals surface area (Å²) >= 11 is 3.43. The maximum atomic E-state index is 6.03. The number of nitrogens with one attached hydrogen (secondary N) is 1. The van der Waals surface area contributed by atoms with Crippen LogP contribution < -0.4 is 10.1 Å². The average Bonchev–Trinajstić information content (AvgIpc) is 2.30. The number of hydrogen-bond donors (Lipinski definition) is 1. The van der Waals surface area contributed by atoms with Gasteiger partial charge in [-0.05, 0) is 42.6 Å². The molecule has 0 heterocycles. The molecule has 0 saturated carbocycles. The molecule has 0 aliphatic heterocycles. The maximum Gasteiger partial charge on any atom is 0.119 e. The van der Waals surface area contributed by atoms with E-state index in [9.17, 15) is 0 Å². The average molecular weight is 314 g/mol. The van der Waals surface area contributed by atoms with Crippen LogP contribution in [0, 0.1) is 11.8 Å². The van der Waals surface area contributed by atoms with E-state index < -0.39 is 0 Å². The minimum Gasteiger partial charge on any atom is -0.489 e. The van der Waals surface area contributed by atoms with Crippen molar-refractivity contribution < 1.29 is 4.74 Å². The Bertz CT molecular complexity index is 335. The third kappa shape index (κ3) is 5.87. The van der Waals surface area contributed by atoms with Crippen LogP contribution in [0.3, 0.4) is 0 Å². The molecule has 0 bridgehead atoms. The van der Waals surface area contributed by atoms with Crippen LogP contribution in [0.25, 0.3) is 0 Å². The number of rotatable bonds is 7. The smallest absolute Gasteiger partial charge is 0.119 e. The van der Waals surface area contributed by atoms with E-state index in [4.69, 9.17) is 4.74 Å².